The summed E-state index contributed by atoms with van der Waals surface area (Å²) >= 11 is 0. The fraction of sp³-hybridized carbons (Fsp3) is 0.636. The van der Waals surface area contributed by atoms with Gasteiger partial charge >= 0.3 is 0 Å². The quantitative estimate of drug-likeness (QED) is 0.147. The predicted octanol–water partition coefficient (Wildman–Crippen LogP) is 10.4. The minimum Gasteiger partial charge on any atom is -0.480 e. The molecule has 0 aliphatic rings. The highest BCUT2D eigenvalue weighted by atomic mass is 31.1. The Balaban J connectivity index is 1.90. The van der Waals surface area contributed by atoms with E-state index in [0.717, 1.165) is 43.6 Å². The van der Waals surface area contributed by atoms with Gasteiger partial charge < -0.3 is 18.5 Å². The van der Waals surface area contributed by atoms with Crippen LogP contribution in [0.3, 0.4) is 0 Å². The lowest BCUT2D eigenvalue weighted by molar-refractivity contribution is 0.129. The number of hydrogen-bond acceptors (Lipinski definition) is 4. The lowest BCUT2D eigenvalue weighted by atomic mass is 9.86. The minimum atomic E-state index is -0.308. The molecule has 0 N–H and O–H groups in total. The average molecular weight is 577 g/mol. The van der Waals surface area contributed by atoms with Gasteiger partial charge in [-0.15, -0.1) is 0 Å². The SMILES string of the molecule is CCC(CC)(Oc1ccccc1C(C)(C)C)POCCCOPC(CC)(CC)Oc1ccccc1C(C)(C)C. The summed E-state index contributed by atoms with van der Waals surface area (Å²) in [5.74, 6) is 1.94. The van der Waals surface area contributed by atoms with E-state index in [1.807, 2.05) is 0 Å². The molecule has 0 aliphatic heterocycles. The molecule has 0 radical (unpaired) electrons. The van der Waals surface area contributed by atoms with E-state index in [0.29, 0.717) is 13.2 Å². The molecule has 6 heteroatoms. The van der Waals surface area contributed by atoms with Crippen LogP contribution >= 0.6 is 17.6 Å². The van der Waals surface area contributed by atoms with Gasteiger partial charge in [0.05, 0.1) is 30.8 Å². The van der Waals surface area contributed by atoms with Crippen molar-refractivity contribution in [2.24, 2.45) is 0 Å². The number of rotatable bonds is 16. The molecule has 4 nitrogen and oxygen atoms in total. The molecule has 2 aromatic rings. The van der Waals surface area contributed by atoms with Gasteiger partial charge in [0.15, 0.2) is 0 Å². The summed E-state index contributed by atoms with van der Waals surface area (Å²) in [6.45, 7) is 23.5. The van der Waals surface area contributed by atoms with Gasteiger partial charge in [-0.25, -0.2) is 0 Å². The Bertz CT molecular complexity index is 906. The second kappa shape index (κ2) is 15.2. The van der Waals surface area contributed by atoms with Gasteiger partial charge in [0.2, 0.25) is 0 Å². The third-order valence-corrected chi connectivity index (χ3v) is 10.4. The first kappa shape index (κ1) is 34.0. The average Bonchev–Trinajstić information content (AvgIpc) is 2.90. The van der Waals surface area contributed by atoms with Crippen LogP contribution in [0.4, 0.5) is 0 Å². The summed E-state index contributed by atoms with van der Waals surface area (Å²) < 4.78 is 25.8. The van der Waals surface area contributed by atoms with E-state index in [1.54, 1.807) is 0 Å². The van der Waals surface area contributed by atoms with Gasteiger partial charge in [-0.3, -0.25) is 0 Å². The Labute approximate surface area is 243 Å². The van der Waals surface area contributed by atoms with E-state index in [4.69, 9.17) is 18.5 Å². The van der Waals surface area contributed by atoms with E-state index in [-0.39, 0.29) is 39.1 Å². The molecule has 0 bridgehead atoms. The van der Waals surface area contributed by atoms with Gasteiger partial charge in [-0.2, -0.15) is 0 Å². The zero-order chi connectivity index (χ0) is 29.2. The zero-order valence-electron chi connectivity index (χ0n) is 26.2. The maximum atomic E-state index is 6.69. The van der Waals surface area contributed by atoms with E-state index in [2.05, 4.69) is 118 Å². The van der Waals surface area contributed by atoms with Crippen LogP contribution in [0.5, 0.6) is 11.5 Å². The van der Waals surface area contributed by atoms with Crippen molar-refractivity contribution in [3.8, 4) is 11.5 Å². The first-order valence-electron chi connectivity index (χ1n) is 14.7. The van der Waals surface area contributed by atoms with Crippen molar-refractivity contribution in [2.45, 2.75) is 123 Å². The number of benzene rings is 2. The highest BCUT2D eigenvalue weighted by molar-refractivity contribution is 7.34. The normalized spacial score (nSPS) is 13.6. The van der Waals surface area contributed by atoms with Crippen LogP contribution in [0.1, 0.15) is 112 Å². The molecular formula is C33H54O4P2. The first-order chi connectivity index (χ1) is 18.4. The summed E-state index contributed by atoms with van der Waals surface area (Å²) in [5, 5.41) is -0.615. The molecule has 0 aliphatic carbocycles. The maximum absolute atomic E-state index is 6.69. The summed E-state index contributed by atoms with van der Waals surface area (Å²) in [5.41, 5.74) is 2.52. The summed E-state index contributed by atoms with van der Waals surface area (Å²) in [4.78, 5) is 0. The lowest BCUT2D eigenvalue weighted by Gasteiger charge is -2.35. The van der Waals surface area contributed by atoms with Gasteiger partial charge in [0.1, 0.15) is 22.2 Å². The van der Waals surface area contributed by atoms with E-state index in [1.165, 1.54) is 11.1 Å². The second-order valence-corrected chi connectivity index (χ2v) is 15.2. The molecule has 2 rings (SSSR count). The van der Waals surface area contributed by atoms with E-state index in [9.17, 15) is 0 Å². The van der Waals surface area contributed by atoms with Gasteiger partial charge in [-0.05, 0) is 66.2 Å². The molecule has 0 fully saturated rings. The Hall–Kier alpha value is -1.18. The van der Waals surface area contributed by atoms with E-state index < -0.39 is 0 Å². The molecule has 2 unspecified atom stereocenters. The molecule has 0 spiro atoms. The standard InChI is InChI=1S/C33H54O4P2/c1-11-32(12-2,36-28-22-17-15-20-26(28)30(5,6)7)38-34-24-19-25-35-39-33(13-3,14-4)37-29-23-18-16-21-27(29)31(8,9)10/h15-18,20-23,38-39H,11-14,19,24-25H2,1-10H3. The van der Waals surface area contributed by atoms with Crippen molar-refractivity contribution in [3.05, 3.63) is 59.7 Å². The van der Waals surface area contributed by atoms with Crippen LogP contribution in [0, 0.1) is 0 Å². The minimum absolute atomic E-state index is 0.0244. The lowest BCUT2D eigenvalue weighted by Crippen LogP contribution is -2.31. The highest BCUT2D eigenvalue weighted by Crippen LogP contribution is 2.45. The monoisotopic (exact) mass is 576 g/mol. The van der Waals surface area contributed by atoms with Crippen molar-refractivity contribution in [1.29, 1.82) is 0 Å². The van der Waals surface area contributed by atoms with Gasteiger partial charge in [0, 0.05) is 0 Å². The number of hydrogen-bond donors (Lipinski definition) is 0. The van der Waals surface area contributed by atoms with Crippen molar-refractivity contribution in [2.75, 3.05) is 13.2 Å². The van der Waals surface area contributed by atoms with Crippen molar-refractivity contribution in [1.82, 2.24) is 0 Å². The molecule has 0 heterocycles. The summed E-state index contributed by atoms with van der Waals surface area (Å²) in [6.07, 6.45) is 4.47. The predicted molar refractivity (Wildman–Crippen MR) is 171 cm³/mol. The van der Waals surface area contributed by atoms with Crippen LogP contribution < -0.4 is 9.47 Å². The Morgan fingerprint density at radius 1 is 0.538 bits per heavy atom. The third-order valence-electron chi connectivity index (χ3n) is 7.29. The van der Waals surface area contributed by atoms with Crippen molar-refractivity contribution in [3.63, 3.8) is 0 Å². The molecule has 2 atom stereocenters. The summed E-state index contributed by atoms with van der Waals surface area (Å²) in [7, 11) is 0.548. The molecule has 0 amide bonds. The van der Waals surface area contributed by atoms with Crippen LogP contribution in [0.15, 0.2) is 48.5 Å². The second-order valence-electron chi connectivity index (χ2n) is 12.4. The molecule has 220 valence electrons. The highest BCUT2D eigenvalue weighted by Gasteiger charge is 2.33. The van der Waals surface area contributed by atoms with Crippen LogP contribution in [-0.4, -0.2) is 23.9 Å². The smallest absolute Gasteiger partial charge is 0.149 e. The largest absolute Gasteiger partial charge is 0.480 e. The number of ether oxygens (including phenoxy) is 2. The Kier molecular flexibility index (Phi) is 13.2. The van der Waals surface area contributed by atoms with Crippen LogP contribution in [-0.2, 0) is 19.9 Å². The van der Waals surface area contributed by atoms with Crippen LogP contribution in [0.2, 0.25) is 0 Å². The molecule has 0 saturated carbocycles. The maximum Gasteiger partial charge on any atom is 0.149 e. The third kappa shape index (κ3) is 10.00. The molecule has 39 heavy (non-hydrogen) atoms. The molecule has 0 saturated heterocycles. The first-order valence-corrected chi connectivity index (χ1v) is 16.5. The number of para-hydroxylation sites is 2. The molecule has 2 aromatic carbocycles. The molecule has 0 aromatic heterocycles. The van der Waals surface area contributed by atoms with Crippen molar-refractivity contribution < 1.29 is 18.5 Å². The fourth-order valence-electron chi connectivity index (χ4n) is 4.46. The Morgan fingerprint density at radius 3 is 1.18 bits per heavy atom. The topological polar surface area (TPSA) is 36.9 Å². The van der Waals surface area contributed by atoms with Crippen molar-refractivity contribution >= 4 is 17.6 Å². The van der Waals surface area contributed by atoms with Gasteiger partial charge in [-0.1, -0.05) is 106 Å². The molecular weight excluding hydrogens is 522 g/mol. The summed E-state index contributed by atoms with van der Waals surface area (Å²) in [6, 6.07) is 16.8. The Morgan fingerprint density at radius 2 is 0.872 bits per heavy atom. The fourth-order valence-corrected chi connectivity index (χ4v) is 6.36. The van der Waals surface area contributed by atoms with E-state index >= 15 is 0 Å². The van der Waals surface area contributed by atoms with Gasteiger partial charge in [0.25, 0.3) is 0 Å². The zero-order valence-corrected chi connectivity index (χ0v) is 28.2. The van der Waals surface area contributed by atoms with Crippen LogP contribution in [0.25, 0.3) is 0 Å².